The standard InChI is InChI=1S/C15H22FNO3S/c1-11-9-13(16)10-12(2)15(11)21(19,20)17(7-8-18)14-5-3-4-6-14/h9-10,14,18H,3-8H2,1-2H3. The summed E-state index contributed by atoms with van der Waals surface area (Å²) in [6.07, 6.45) is 3.64. The lowest BCUT2D eigenvalue weighted by molar-refractivity contribution is 0.226. The van der Waals surface area contributed by atoms with Crippen LogP contribution in [0, 0.1) is 19.7 Å². The zero-order chi connectivity index (χ0) is 15.6. The Hall–Kier alpha value is -0.980. The fraction of sp³-hybridized carbons (Fsp3) is 0.600. The first-order valence-corrected chi connectivity index (χ1v) is 8.71. The van der Waals surface area contributed by atoms with Gasteiger partial charge in [0, 0.05) is 12.6 Å². The van der Waals surface area contributed by atoms with Gasteiger partial charge < -0.3 is 5.11 Å². The monoisotopic (exact) mass is 315 g/mol. The van der Waals surface area contributed by atoms with E-state index in [4.69, 9.17) is 0 Å². The first-order valence-electron chi connectivity index (χ1n) is 7.27. The van der Waals surface area contributed by atoms with Crippen molar-refractivity contribution in [3.05, 3.63) is 29.1 Å². The SMILES string of the molecule is Cc1cc(F)cc(C)c1S(=O)(=O)N(CCO)C1CCCC1. The van der Waals surface area contributed by atoms with Crippen molar-refractivity contribution in [2.45, 2.75) is 50.5 Å². The lowest BCUT2D eigenvalue weighted by atomic mass is 10.1. The molecule has 0 heterocycles. The van der Waals surface area contributed by atoms with Crippen molar-refractivity contribution in [1.82, 2.24) is 4.31 Å². The zero-order valence-corrected chi connectivity index (χ0v) is 13.3. The van der Waals surface area contributed by atoms with Gasteiger partial charge in [0.15, 0.2) is 0 Å². The number of aliphatic hydroxyl groups excluding tert-OH is 1. The molecule has 1 aromatic rings. The van der Waals surface area contributed by atoms with Gasteiger partial charge in [-0.3, -0.25) is 0 Å². The first-order chi connectivity index (χ1) is 9.87. The topological polar surface area (TPSA) is 57.6 Å². The van der Waals surface area contributed by atoms with Crippen LogP contribution in [0.5, 0.6) is 0 Å². The summed E-state index contributed by atoms with van der Waals surface area (Å²) in [5.41, 5.74) is 0.821. The van der Waals surface area contributed by atoms with Crippen molar-refractivity contribution in [2.75, 3.05) is 13.2 Å². The average Bonchev–Trinajstić information content (AvgIpc) is 2.87. The molecule has 1 fully saturated rings. The van der Waals surface area contributed by atoms with Crippen LogP contribution in [-0.2, 0) is 10.0 Å². The second-order valence-corrected chi connectivity index (χ2v) is 7.47. The first kappa shape index (κ1) is 16.4. The van der Waals surface area contributed by atoms with Gasteiger partial charge in [0.1, 0.15) is 5.82 Å². The molecule has 1 aliphatic rings. The van der Waals surface area contributed by atoms with Crippen molar-refractivity contribution in [2.24, 2.45) is 0 Å². The van der Waals surface area contributed by atoms with Gasteiger partial charge in [-0.1, -0.05) is 12.8 Å². The van der Waals surface area contributed by atoms with Crippen molar-refractivity contribution >= 4 is 10.0 Å². The van der Waals surface area contributed by atoms with E-state index in [-0.39, 0.29) is 24.1 Å². The molecule has 118 valence electrons. The maximum atomic E-state index is 13.4. The molecule has 1 saturated carbocycles. The molecule has 0 bridgehead atoms. The minimum atomic E-state index is -3.72. The molecule has 0 spiro atoms. The maximum absolute atomic E-state index is 13.4. The normalized spacial score (nSPS) is 16.8. The Balaban J connectivity index is 2.48. The predicted molar refractivity (Wildman–Crippen MR) is 79.1 cm³/mol. The number of hydrogen-bond donors (Lipinski definition) is 1. The quantitative estimate of drug-likeness (QED) is 0.907. The van der Waals surface area contributed by atoms with Gasteiger partial charge in [0.25, 0.3) is 0 Å². The number of aryl methyl sites for hydroxylation is 2. The van der Waals surface area contributed by atoms with E-state index in [9.17, 15) is 17.9 Å². The molecular formula is C15H22FNO3S. The third-order valence-electron chi connectivity index (χ3n) is 4.04. The second-order valence-electron chi connectivity index (χ2n) is 5.65. The highest BCUT2D eigenvalue weighted by atomic mass is 32.2. The van der Waals surface area contributed by atoms with Gasteiger partial charge in [0.2, 0.25) is 10.0 Å². The number of halogens is 1. The predicted octanol–water partition coefficient (Wildman–Crippen LogP) is 2.37. The molecule has 4 nitrogen and oxygen atoms in total. The molecule has 1 N–H and O–H groups in total. The van der Waals surface area contributed by atoms with Gasteiger partial charge in [-0.2, -0.15) is 4.31 Å². The molecule has 6 heteroatoms. The molecule has 0 unspecified atom stereocenters. The van der Waals surface area contributed by atoms with Crippen LogP contribution < -0.4 is 0 Å². The minimum absolute atomic E-state index is 0.0639. The van der Waals surface area contributed by atoms with Crippen LogP contribution in [0.1, 0.15) is 36.8 Å². The van der Waals surface area contributed by atoms with E-state index in [0.29, 0.717) is 11.1 Å². The zero-order valence-electron chi connectivity index (χ0n) is 12.5. The van der Waals surface area contributed by atoms with Crippen LogP contribution >= 0.6 is 0 Å². The summed E-state index contributed by atoms with van der Waals surface area (Å²) in [6.45, 7) is 3.09. The fourth-order valence-electron chi connectivity index (χ4n) is 3.21. The van der Waals surface area contributed by atoms with E-state index in [2.05, 4.69) is 0 Å². The molecule has 0 aromatic heterocycles. The molecule has 0 saturated heterocycles. The van der Waals surface area contributed by atoms with E-state index >= 15 is 0 Å². The number of rotatable bonds is 5. The van der Waals surface area contributed by atoms with Crippen LogP contribution in [0.2, 0.25) is 0 Å². The summed E-state index contributed by atoms with van der Waals surface area (Å²) >= 11 is 0. The molecule has 1 aliphatic carbocycles. The lowest BCUT2D eigenvalue weighted by Crippen LogP contribution is -2.41. The Kier molecular flexibility index (Phi) is 5.01. The van der Waals surface area contributed by atoms with Crippen molar-refractivity contribution in [1.29, 1.82) is 0 Å². The fourth-order valence-corrected chi connectivity index (χ4v) is 5.30. The Morgan fingerprint density at radius 3 is 2.24 bits per heavy atom. The maximum Gasteiger partial charge on any atom is 0.243 e. The average molecular weight is 315 g/mol. The Labute approximate surface area is 125 Å². The highest BCUT2D eigenvalue weighted by Gasteiger charge is 2.34. The van der Waals surface area contributed by atoms with Crippen molar-refractivity contribution < 1.29 is 17.9 Å². The number of aliphatic hydroxyl groups is 1. The van der Waals surface area contributed by atoms with Gasteiger partial charge in [-0.15, -0.1) is 0 Å². The third kappa shape index (κ3) is 3.27. The highest BCUT2D eigenvalue weighted by Crippen LogP contribution is 2.31. The highest BCUT2D eigenvalue weighted by molar-refractivity contribution is 7.89. The largest absolute Gasteiger partial charge is 0.395 e. The molecule has 0 aliphatic heterocycles. The summed E-state index contributed by atoms with van der Waals surface area (Å²) in [6, 6.07) is 2.42. The van der Waals surface area contributed by atoms with Gasteiger partial charge in [-0.25, -0.2) is 12.8 Å². The minimum Gasteiger partial charge on any atom is -0.395 e. The van der Waals surface area contributed by atoms with Gasteiger partial charge in [0.05, 0.1) is 11.5 Å². The van der Waals surface area contributed by atoms with E-state index < -0.39 is 15.8 Å². The third-order valence-corrected chi connectivity index (χ3v) is 6.30. The summed E-state index contributed by atoms with van der Waals surface area (Å²) in [4.78, 5) is 0.171. The van der Waals surface area contributed by atoms with E-state index in [1.165, 1.54) is 16.4 Å². The molecule has 21 heavy (non-hydrogen) atoms. The number of hydrogen-bond acceptors (Lipinski definition) is 3. The van der Waals surface area contributed by atoms with Crippen LogP contribution in [0.25, 0.3) is 0 Å². The molecule has 0 radical (unpaired) electrons. The van der Waals surface area contributed by atoms with Gasteiger partial charge in [-0.05, 0) is 49.9 Å². The van der Waals surface area contributed by atoms with E-state index in [1.807, 2.05) is 0 Å². The van der Waals surface area contributed by atoms with Crippen molar-refractivity contribution in [3.8, 4) is 0 Å². The van der Waals surface area contributed by atoms with Crippen LogP contribution in [-0.4, -0.2) is 37.0 Å². The molecule has 1 aromatic carbocycles. The smallest absolute Gasteiger partial charge is 0.243 e. The van der Waals surface area contributed by atoms with Crippen LogP contribution in [0.15, 0.2) is 17.0 Å². The number of nitrogens with zero attached hydrogens (tertiary/aromatic N) is 1. The van der Waals surface area contributed by atoms with Gasteiger partial charge >= 0.3 is 0 Å². The molecule has 2 rings (SSSR count). The number of benzene rings is 1. The number of sulfonamides is 1. The lowest BCUT2D eigenvalue weighted by Gasteiger charge is -2.28. The Morgan fingerprint density at radius 1 is 1.24 bits per heavy atom. The van der Waals surface area contributed by atoms with Crippen LogP contribution in [0.4, 0.5) is 4.39 Å². The summed E-state index contributed by atoms with van der Waals surface area (Å²) in [5.74, 6) is -0.432. The summed E-state index contributed by atoms with van der Waals surface area (Å²) in [7, 11) is -3.72. The molecular weight excluding hydrogens is 293 g/mol. The van der Waals surface area contributed by atoms with Crippen LogP contribution in [0.3, 0.4) is 0 Å². The Bertz CT molecular complexity index is 586. The second kappa shape index (κ2) is 6.42. The Morgan fingerprint density at radius 2 is 1.76 bits per heavy atom. The molecule has 0 atom stereocenters. The molecule has 0 amide bonds. The van der Waals surface area contributed by atoms with Crippen molar-refractivity contribution in [3.63, 3.8) is 0 Å². The van der Waals surface area contributed by atoms with E-state index in [1.54, 1.807) is 13.8 Å². The van der Waals surface area contributed by atoms with E-state index in [0.717, 1.165) is 25.7 Å². The summed E-state index contributed by atoms with van der Waals surface area (Å²) < 4.78 is 40.7. The summed E-state index contributed by atoms with van der Waals surface area (Å²) in [5, 5.41) is 9.22.